The minimum Gasteiger partial charge on any atom is -0.504 e. The van der Waals surface area contributed by atoms with Crippen LogP contribution >= 0.6 is 0 Å². The van der Waals surface area contributed by atoms with Crippen LogP contribution in [0.5, 0.6) is 11.5 Å². The summed E-state index contributed by atoms with van der Waals surface area (Å²) in [6.45, 7) is 1.80. The molecule has 2 aromatic rings. The lowest BCUT2D eigenvalue weighted by Crippen LogP contribution is -2.24. The maximum absolute atomic E-state index is 12.0. The first-order valence-electron chi connectivity index (χ1n) is 7.15. The third kappa shape index (κ3) is 2.99. The van der Waals surface area contributed by atoms with Crippen molar-refractivity contribution in [2.45, 2.75) is 13.3 Å². The summed E-state index contributed by atoms with van der Waals surface area (Å²) in [7, 11) is 1.29. The Labute approximate surface area is 141 Å². The minimum absolute atomic E-state index is 0.0147. The second-order valence-corrected chi connectivity index (χ2v) is 5.15. The van der Waals surface area contributed by atoms with Crippen molar-refractivity contribution in [1.82, 2.24) is 4.98 Å². The average Bonchev–Trinajstić information content (AvgIpc) is 2.53. The van der Waals surface area contributed by atoms with Crippen molar-refractivity contribution in [3.63, 3.8) is 0 Å². The molecule has 0 atom stereocenters. The molecule has 1 aromatic carbocycles. The van der Waals surface area contributed by atoms with Crippen molar-refractivity contribution >= 4 is 17.8 Å². The van der Waals surface area contributed by atoms with Gasteiger partial charge in [-0.2, -0.15) is 0 Å². The lowest BCUT2D eigenvalue weighted by molar-refractivity contribution is 0.0695. The molecule has 0 amide bonds. The number of rotatable bonds is 5. The molecule has 0 aliphatic carbocycles. The number of aromatic carboxylic acids is 2. The van der Waals surface area contributed by atoms with E-state index in [4.69, 9.17) is 10.5 Å². The van der Waals surface area contributed by atoms with E-state index in [1.165, 1.54) is 19.2 Å². The van der Waals surface area contributed by atoms with Crippen LogP contribution in [0.4, 0.5) is 5.82 Å². The number of phenols is 1. The number of anilines is 1. The Kier molecular flexibility index (Phi) is 4.68. The monoisotopic (exact) mass is 348 g/mol. The first kappa shape index (κ1) is 17.9. The number of aromatic hydroxyl groups is 1. The summed E-state index contributed by atoms with van der Waals surface area (Å²) in [5, 5.41) is 29.2. The van der Waals surface area contributed by atoms with E-state index in [0.717, 1.165) is 0 Å². The second kappa shape index (κ2) is 6.56. The molecule has 2 rings (SSSR count). The SMILES string of the molecule is CCc1cc(OC)c(O)c(-c2c(C(=O)O)c(N)[nH]c(=O)c2C(=O)O)c1. The number of hydrogen-bond donors (Lipinski definition) is 5. The number of nitrogen functional groups attached to an aromatic ring is 1. The Morgan fingerprint density at radius 1 is 1.20 bits per heavy atom. The number of phenolic OH excluding ortho intramolecular Hbond substituents is 1. The Balaban J connectivity index is 3.08. The molecule has 9 heteroatoms. The van der Waals surface area contributed by atoms with Gasteiger partial charge >= 0.3 is 11.9 Å². The highest BCUT2D eigenvalue weighted by Gasteiger charge is 2.29. The van der Waals surface area contributed by atoms with Crippen molar-refractivity contribution < 1.29 is 29.6 Å². The fourth-order valence-corrected chi connectivity index (χ4v) is 2.53. The smallest absolute Gasteiger partial charge is 0.342 e. The van der Waals surface area contributed by atoms with E-state index in [-0.39, 0.29) is 11.3 Å². The van der Waals surface area contributed by atoms with Crippen LogP contribution in [0, 0.1) is 0 Å². The average molecular weight is 348 g/mol. The number of benzene rings is 1. The van der Waals surface area contributed by atoms with Crippen molar-refractivity contribution in [3.05, 3.63) is 39.2 Å². The lowest BCUT2D eigenvalue weighted by Gasteiger charge is -2.16. The fourth-order valence-electron chi connectivity index (χ4n) is 2.53. The molecule has 0 spiro atoms. The van der Waals surface area contributed by atoms with E-state index in [0.29, 0.717) is 12.0 Å². The summed E-state index contributed by atoms with van der Waals surface area (Å²) in [4.78, 5) is 37.2. The van der Waals surface area contributed by atoms with Crippen LogP contribution in [-0.4, -0.2) is 39.4 Å². The molecule has 0 saturated carbocycles. The topological polar surface area (TPSA) is 163 Å². The number of aryl methyl sites for hydroxylation is 1. The van der Waals surface area contributed by atoms with Crippen molar-refractivity contribution in [3.8, 4) is 22.6 Å². The van der Waals surface area contributed by atoms with Gasteiger partial charge in [-0.05, 0) is 24.1 Å². The van der Waals surface area contributed by atoms with Crippen molar-refractivity contribution in [2.24, 2.45) is 0 Å². The van der Waals surface area contributed by atoms with E-state index in [1.807, 2.05) is 4.98 Å². The molecule has 6 N–H and O–H groups in total. The van der Waals surface area contributed by atoms with Gasteiger partial charge in [0.05, 0.1) is 7.11 Å². The summed E-state index contributed by atoms with van der Waals surface area (Å²) in [5.74, 6) is -4.20. The number of hydrogen-bond acceptors (Lipinski definition) is 6. The van der Waals surface area contributed by atoms with Crippen LogP contribution in [0.25, 0.3) is 11.1 Å². The zero-order chi connectivity index (χ0) is 18.9. The van der Waals surface area contributed by atoms with E-state index >= 15 is 0 Å². The fraction of sp³-hybridized carbons (Fsp3) is 0.188. The van der Waals surface area contributed by atoms with Crippen LogP contribution in [0.1, 0.15) is 33.2 Å². The largest absolute Gasteiger partial charge is 0.504 e. The highest BCUT2D eigenvalue weighted by molar-refractivity contribution is 6.08. The molecule has 25 heavy (non-hydrogen) atoms. The molecule has 0 radical (unpaired) electrons. The van der Waals surface area contributed by atoms with Gasteiger partial charge in [0.25, 0.3) is 5.56 Å². The van der Waals surface area contributed by atoms with Crippen molar-refractivity contribution in [1.29, 1.82) is 0 Å². The molecular formula is C16H16N2O7. The standard InChI is InChI=1S/C16H16N2O7/c1-3-6-4-7(12(19)8(5-6)25-2)9-10(15(21)22)13(17)18-14(20)11(9)16(23)24/h4-5,19H,3H2,1-2H3,(H,21,22)(H,23,24)(H3,17,18,20). The van der Waals surface area contributed by atoms with Gasteiger partial charge in [0, 0.05) is 11.1 Å². The summed E-state index contributed by atoms with van der Waals surface area (Å²) in [6.07, 6.45) is 0.493. The molecule has 9 nitrogen and oxygen atoms in total. The highest BCUT2D eigenvalue weighted by atomic mass is 16.5. The highest BCUT2D eigenvalue weighted by Crippen LogP contribution is 2.41. The number of carboxylic acid groups (broad SMARTS) is 2. The van der Waals surface area contributed by atoms with E-state index in [2.05, 4.69) is 0 Å². The number of ether oxygens (including phenoxy) is 1. The first-order chi connectivity index (χ1) is 11.7. The Bertz CT molecular complexity index is 931. The molecule has 0 unspecified atom stereocenters. The molecule has 132 valence electrons. The molecule has 1 aromatic heterocycles. The number of nitrogens with one attached hydrogen (secondary N) is 1. The van der Waals surface area contributed by atoms with Gasteiger partial charge in [-0.25, -0.2) is 9.59 Å². The Morgan fingerprint density at radius 2 is 1.80 bits per heavy atom. The number of pyridine rings is 1. The summed E-state index contributed by atoms with van der Waals surface area (Å²) < 4.78 is 5.05. The van der Waals surface area contributed by atoms with Crippen LogP contribution in [0.15, 0.2) is 16.9 Å². The van der Waals surface area contributed by atoms with E-state index in [1.54, 1.807) is 6.92 Å². The zero-order valence-corrected chi connectivity index (χ0v) is 13.4. The Hall–Kier alpha value is -3.49. The third-order valence-electron chi connectivity index (χ3n) is 3.70. The molecule has 0 saturated heterocycles. The van der Waals surface area contributed by atoms with Gasteiger partial charge in [0.1, 0.15) is 16.9 Å². The van der Waals surface area contributed by atoms with E-state index < -0.39 is 45.8 Å². The number of methoxy groups -OCH3 is 1. The predicted octanol–water partition coefficient (Wildman–Crippen LogP) is 1.30. The first-order valence-corrected chi connectivity index (χ1v) is 7.15. The molecule has 0 bridgehead atoms. The number of aromatic nitrogens is 1. The van der Waals surface area contributed by atoms with Crippen LogP contribution < -0.4 is 16.0 Å². The number of carbonyl (C=O) groups is 2. The van der Waals surface area contributed by atoms with Crippen LogP contribution in [0.2, 0.25) is 0 Å². The van der Waals surface area contributed by atoms with Crippen LogP contribution in [-0.2, 0) is 6.42 Å². The summed E-state index contributed by atoms with van der Waals surface area (Å²) >= 11 is 0. The van der Waals surface area contributed by atoms with Gasteiger partial charge in [-0.15, -0.1) is 0 Å². The summed E-state index contributed by atoms with van der Waals surface area (Å²) in [5.41, 5.74) is 3.03. The van der Waals surface area contributed by atoms with Gasteiger partial charge < -0.3 is 30.8 Å². The molecular weight excluding hydrogens is 332 g/mol. The van der Waals surface area contributed by atoms with Gasteiger partial charge in [-0.1, -0.05) is 6.92 Å². The second-order valence-electron chi connectivity index (χ2n) is 5.15. The van der Waals surface area contributed by atoms with Gasteiger partial charge in [0.2, 0.25) is 0 Å². The number of aromatic amines is 1. The number of nitrogens with two attached hydrogens (primary N) is 1. The van der Waals surface area contributed by atoms with Crippen molar-refractivity contribution in [2.75, 3.05) is 12.8 Å². The Morgan fingerprint density at radius 3 is 2.28 bits per heavy atom. The minimum atomic E-state index is -1.65. The summed E-state index contributed by atoms with van der Waals surface area (Å²) in [6, 6.07) is 2.92. The molecule has 0 aliphatic heterocycles. The lowest BCUT2D eigenvalue weighted by atomic mass is 9.92. The quantitative estimate of drug-likeness (QED) is 0.539. The maximum Gasteiger partial charge on any atom is 0.342 e. The number of carboxylic acids is 2. The van der Waals surface area contributed by atoms with E-state index in [9.17, 15) is 29.7 Å². The molecule has 0 fully saturated rings. The molecule has 1 heterocycles. The molecule has 0 aliphatic rings. The normalized spacial score (nSPS) is 10.5. The number of H-pyrrole nitrogens is 1. The predicted molar refractivity (Wildman–Crippen MR) is 88.4 cm³/mol. The zero-order valence-electron chi connectivity index (χ0n) is 13.4. The third-order valence-corrected chi connectivity index (χ3v) is 3.70. The maximum atomic E-state index is 12.0. The van der Waals surface area contributed by atoms with Gasteiger partial charge in [0.15, 0.2) is 11.5 Å². The van der Waals surface area contributed by atoms with Gasteiger partial charge in [-0.3, -0.25) is 4.79 Å². The van der Waals surface area contributed by atoms with Crippen LogP contribution in [0.3, 0.4) is 0 Å².